The molecule has 2 aliphatic rings. The molecule has 2 aromatic carbocycles. The van der Waals surface area contributed by atoms with Gasteiger partial charge in [0.15, 0.2) is 11.5 Å². The third kappa shape index (κ3) is 4.46. The van der Waals surface area contributed by atoms with Gasteiger partial charge in [0.1, 0.15) is 0 Å². The largest absolute Gasteiger partial charge is 0.490 e. The molecule has 0 unspecified atom stereocenters. The highest BCUT2D eigenvalue weighted by atomic mass is 32.2. The van der Waals surface area contributed by atoms with E-state index in [-0.39, 0.29) is 10.8 Å². The van der Waals surface area contributed by atoms with Crippen molar-refractivity contribution in [1.82, 2.24) is 4.90 Å². The fourth-order valence-electron chi connectivity index (χ4n) is 3.19. The Morgan fingerprint density at radius 3 is 2.48 bits per heavy atom. The van der Waals surface area contributed by atoms with E-state index in [1.165, 1.54) is 12.1 Å². The van der Waals surface area contributed by atoms with E-state index >= 15 is 0 Å². The van der Waals surface area contributed by atoms with Gasteiger partial charge in [-0.05, 0) is 30.3 Å². The summed E-state index contributed by atoms with van der Waals surface area (Å²) in [6.07, 6.45) is 0.735. The number of morpholine rings is 1. The Bertz CT molecular complexity index is 1000. The molecule has 8 nitrogen and oxygen atoms in total. The van der Waals surface area contributed by atoms with Gasteiger partial charge in [0.25, 0.3) is 15.9 Å². The number of ether oxygens (including phenoxy) is 3. The summed E-state index contributed by atoms with van der Waals surface area (Å²) in [6.45, 7) is 3.04. The van der Waals surface area contributed by atoms with Crippen molar-refractivity contribution in [2.45, 2.75) is 11.3 Å². The standard InChI is InChI=1S/C20H22N2O6S/c23-20(22-7-11-26-12-8-22)15-3-1-4-16(13-15)21-29(24,25)17-5-6-18-19(14-17)28-10-2-9-27-18/h1,3-6,13-14,21H,2,7-12H2. The van der Waals surface area contributed by atoms with Crippen molar-refractivity contribution in [2.24, 2.45) is 0 Å². The van der Waals surface area contributed by atoms with E-state index in [4.69, 9.17) is 14.2 Å². The van der Waals surface area contributed by atoms with Gasteiger partial charge in [0, 0.05) is 36.8 Å². The first kappa shape index (κ1) is 19.5. The maximum atomic E-state index is 12.8. The monoisotopic (exact) mass is 418 g/mol. The van der Waals surface area contributed by atoms with Crippen LogP contribution in [0.5, 0.6) is 11.5 Å². The van der Waals surface area contributed by atoms with Gasteiger partial charge in [-0.2, -0.15) is 0 Å². The second-order valence-electron chi connectivity index (χ2n) is 6.75. The van der Waals surface area contributed by atoms with Crippen LogP contribution in [-0.4, -0.2) is 58.7 Å². The van der Waals surface area contributed by atoms with Crippen LogP contribution in [0.4, 0.5) is 5.69 Å². The number of rotatable bonds is 4. The number of sulfonamides is 1. The van der Waals surface area contributed by atoms with E-state index in [9.17, 15) is 13.2 Å². The summed E-state index contributed by atoms with van der Waals surface area (Å²) in [4.78, 5) is 14.4. The summed E-state index contributed by atoms with van der Waals surface area (Å²) < 4.78 is 44.6. The molecule has 1 N–H and O–H groups in total. The molecule has 4 rings (SSSR count). The van der Waals surface area contributed by atoms with Crippen LogP contribution in [-0.2, 0) is 14.8 Å². The van der Waals surface area contributed by atoms with Crippen LogP contribution in [0.1, 0.15) is 16.8 Å². The normalized spacial score (nSPS) is 16.8. The molecule has 0 aromatic heterocycles. The third-order valence-electron chi connectivity index (χ3n) is 4.69. The van der Waals surface area contributed by atoms with Gasteiger partial charge in [-0.15, -0.1) is 0 Å². The van der Waals surface area contributed by atoms with Gasteiger partial charge in [-0.25, -0.2) is 8.42 Å². The fraction of sp³-hybridized carbons (Fsp3) is 0.350. The summed E-state index contributed by atoms with van der Waals surface area (Å²) in [5.74, 6) is 0.783. The number of hydrogen-bond donors (Lipinski definition) is 1. The summed E-state index contributed by atoms with van der Waals surface area (Å²) >= 11 is 0. The molecular formula is C20H22N2O6S. The molecule has 0 saturated carbocycles. The van der Waals surface area contributed by atoms with Crippen LogP contribution in [0, 0.1) is 0 Å². The lowest BCUT2D eigenvalue weighted by Crippen LogP contribution is -2.40. The zero-order valence-corrected chi connectivity index (χ0v) is 16.6. The minimum Gasteiger partial charge on any atom is -0.490 e. The number of amides is 1. The molecule has 1 saturated heterocycles. The smallest absolute Gasteiger partial charge is 0.262 e. The van der Waals surface area contributed by atoms with Crippen LogP contribution in [0.2, 0.25) is 0 Å². The second-order valence-corrected chi connectivity index (χ2v) is 8.43. The molecule has 0 spiro atoms. The van der Waals surface area contributed by atoms with Gasteiger partial charge in [0.05, 0.1) is 31.3 Å². The average molecular weight is 418 g/mol. The van der Waals surface area contributed by atoms with Crippen molar-refractivity contribution < 1.29 is 27.4 Å². The number of benzene rings is 2. The molecule has 9 heteroatoms. The third-order valence-corrected chi connectivity index (χ3v) is 6.07. The molecule has 2 heterocycles. The molecule has 1 amide bonds. The summed E-state index contributed by atoms with van der Waals surface area (Å²) in [6, 6.07) is 11.0. The highest BCUT2D eigenvalue weighted by Crippen LogP contribution is 2.32. The Morgan fingerprint density at radius 2 is 1.69 bits per heavy atom. The number of nitrogens with one attached hydrogen (secondary N) is 1. The van der Waals surface area contributed by atoms with Gasteiger partial charge in [-0.3, -0.25) is 9.52 Å². The minimum absolute atomic E-state index is 0.0617. The highest BCUT2D eigenvalue weighted by Gasteiger charge is 2.21. The zero-order valence-electron chi connectivity index (χ0n) is 15.8. The number of carbonyl (C=O) groups excluding carboxylic acids is 1. The first-order valence-corrected chi connectivity index (χ1v) is 10.9. The lowest BCUT2D eigenvalue weighted by atomic mass is 10.1. The van der Waals surface area contributed by atoms with Crippen LogP contribution in [0.15, 0.2) is 47.4 Å². The van der Waals surface area contributed by atoms with E-state index in [1.807, 2.05) is 0 Å². The maximum Gasteiger partial charge on any atom is 0.262 e. The SMILES string of the molecule is O=C(c1cccc(NS(=O)(=O)c2ccc3c(c2)OCCCO3)c1)N1CCOCC1. The minimum atomic E-state index is -3.86. The Balaban J connectivity index is 1.54. The van der Waals surface area contributed by atoms with Crippen molar-refractivity contribution in [3.63, 3.8) is 0 Å². The molecule has 0 radical (unpaired) electrons. The lowest BCUT2D eigenvalue weighted by Gasteiger charge is -2.27. The fourth-order valence-corrected chi connectivity index (χ4v) is 4.25. The van der Waals surface area contributed by atoms with Gasteiger partial charge >= 0.3 is 0 Å². The van der Waals surface area contributed by atoms with Gasteiger partial charge in [-0.1, -0.05) is 6.07 Å². The van der Waals surface area contributed by atoms with E-state index in [1.54, 1.807) is 35.2 Å². The van der Waals surface area contributed by atoms with Crippen molar-refractivity contribution in [3.8, 4) is 11.5 Å². The van der Waals surface area contributed by atoms with Crippen molar-refractivity contribution in [3.05, 3.63) is 48.0 Å². The molecule has 1 fully saturated rings. The van der Waals surface area contributed by atoms with Gasteiger partial charge in [0.2, 0.25) is 0 Å². The summed E-state index contributed by atoms with van der Waals surface area (Å²) in [7, 11) is -3.86. The molecular weight excluding hydrogens is 396 g/mol. The Labute approximate surface area is 169 Å². The number of hydrogen-bond acceptors (Lipinski definition) is 6. The predicted octanol–water partition coefficient (Wildman–Crippen LogP) is 2.12. The highest BCUT2D eigenvalue weighted by molar-refractivity contribution is 7.92. The van der Waals surface area contributed by atoms with E-state index < -0.39 is 10.0 Å². The number of carbonyl (C=O) groups is 1. The van der Waals surface area contributed by atoms with E-state index in [0.29, 0.717) is 62.3 Å². The molecule has 0 aliphatic carbocycles. The van der Waals surface area contributed by atoms with E-state index in [0.717, 1.165) is 6.42 Å². The lowest BCUT2D eigenvalue weighted by molar-refractivity contribution is 0.0303. The predicted molar refractivity (Wildman–Crippen MR) is 106 cm³/mol. The number of fused-ring (bicyclic) bond motifs is 1. The molecule has 29 heavy (non-hydrogen) atoms. The average Bonchev–Trinajstić information content (AvgIpc) is 2.98. The number of anilines is 1. The zero-order chi connectivity index (χ0) is 20.3. The van der Waals surface area contributed by atoms with Crippen molar-refractivity contribution in [1.29, 1.82) is 0 Å². The Morgan fingerprint density at radius 1 is 0.931 bits per heavy atom. The van der Waals surface area contributed by atoms with E-state index in [2.05, 4.69) is 4.72 Å². The summed E-state index contributed by atoms with van der Waals surface area (Å²) in [5.41, 5.74) is 0.738. The van der Waals surface area contributed by atoms with Crippen LogP contribution >= 0.6 is 0 Å². The van der Waals surface area contributed by atoms with Crippen LogP contribution in [0.25, 0.3) is 0 Å². The molecule has 0 bridgehead atoms. The first-order chi connectivity index (χ1) is 14.0. The molecule has 154 valence electrons. The topological polar surface area (TPSA) is 94.2 Å². The molecule has 2 aromatic rings. The van der Waals surface area contributed by atoms with Crippen LogP contribution in [0.3, 0.4) is 0 Å². The van der Waals surface area contributed by atoms with Gasteiger partial charge < -0.3 is 19.1 Å². The second kappa shape index (κ2) is 8.30. The Hall–Kier alpha value is -2.78. The Kier molecular flexibility index (Phi) is 5.59. The van der Waals surface area contributed by atoms with Crippen molar-refractivity contribution >= 4 is 21.6 Å². The quantitative estimate of drug-likeness (QED) is 0.818. The van der Waals surface area contributed by atoms with Crippen LogP contribution < -0.4 is 14.2 Å². The number of nitrogens with zero attached hydrogens (tertiary/aromatic N) is 1. The maximum absolute atomic E-state index is 12.8. The van der Waals surface area contributed by atoms with Crippen molar-refractivity contribution in [2.75, 3.05) is 44.2 Å². The molecule has 0 atom stereocenters. The summed E-state index contributed by atoms with van der Waals surface area (Å²) in [5, 5.41) is 0. The first-order valence-electron chi connectivity index (χ1n) is 9.42. The molecule has 2 aliphatic heterocycles.